The molecule has 0 spiro atoms. The molecule has 7 aromatic heterocycles. The highest BCUT2D eigenvalue weighted by molar-refractivity contribution is 8.54. The lowest BCUT2D eigenvalue weighted by Gasteiger charge is -2.20. The van der Waals surface area contributed by atoms with Gasteiger partial charge in [-0.3, -0.25) is 66.3 Å². The third-order valence-electron chi connectivity index (χ3n) is 13.4. The minimum absolute atomic E-state index is 0.0161. The fourth-order valence-electron chi connectivity index (χ4n) is 8.91. The molecule has 2 aliphatic heterocycles. The summed E-state index contributed by atoms with van der Waals surface area (Å²) in [5.74, 6) is -6.05. The molecule has 0 bridgehead atoms. The molecule has 0 aromatic carbocycles. The highest BCUT2D eigenvalue weighted by Gasteiger charge is 2.41. The van der Waals surface area contributed by atoms with Gasteiger partial charge in [0.05, 0.1) is 39.8 Å². The van der Waals surface area contributed by atoms with Crippen LogP contribution in [-0.4, -0.2) is 121 Å². The Kier molecular flexibility index (Phi) is 23.9. The van der Waals surface area contributed by atoms with E-state index in [1.54, 1.807) is 13.8 Å². The Hall–Kier alpha value is -6.66. The van der Waals surface area contributed by atoms with Crippen LogP contribution in [0.4, 0.5) is 5.95 Å². The van der Waals surface area contributed by atoms with Gasteiger partial charge in [0.25, 0.3) is 34.0 Å². The number of imidazole rings is 1. The van der Waals surface area contributed by atoms with E-state index < -0.39 is 182 Å². The number of nitrogens with one attached hydrogen (secondary N) is 4. The molecule has 50 heteroatoms. The number of rotatable bonds is 33. The van der Waals surface area contributed by atoms with Crippen molar-refractivity contribution in [3.63, 3.8) is 0 Å². The Labute approximate surface area is 578 Å². The summed E-state index contributed by atoms with van der Waals surface area (Å²) in [6, 6.07) is 0. The average Bonchev–Trinajstić information content (AvgIpc) is 1.62. The van der Waals surface area contributed by atoms with Crippen molar-refractivity contribution in [2.24, 2.45) is 0 Å². The van der Waals surface area contributed by atoms with E-state index in [9.17, 15) is 62.5 Å². The molecule has 0 saturated heterocycles. The minimum atomic E-state index is -4.97. The van der Waals surface area contributed by atoms with Gasteiger partial charge in [0.1, 0.15) is 32.8 Å². The Morgan fingerprint density at radius 2 is 1.14 bits per heavy atom. The molecule has 99 heavy (non-hydrogen) atoms. The summed E-state index contributed by atoms with van der Waals surface area (Å²) in [5.41, 5.74) is -0.448. The number of aryl methyl sites for hydroxylation is 3. The molecule has 0 fully saturated rings. The number of hydrogen-bond donors (Lipinski definition) is 10. The smallest absolute Gasteiger partial charge is 0.440 e. The number of aromatic nitrogens is 10. The molecule has 40 nitrogen and oxygen atoms in total. The van der Waals surface area contributed by atoms with Crippen LogP contribution in [0.15, 0.2) is 90.4 Å². The third kappa shape index (κ3) is 18.2. The average molecular weight is 1580 g/mol. The van der Waals surface area contributed by atoms with E-state index in [0.717, 1.165) is 46.5 Å². The number of nitrogens with zero attached hydrogens (tertiary/aromatic N) is 6. The minimum Gasteiger partial charge on any atom is -0.488 e. The zero-order valence-corrected chi connectivity index (χ0v) is 61.1. The van der Waals surface area contributed by atoms with Crippen molar-refractivity contribution < 1.29 is 102 Å². The number of H-pyrrole nitrogens is 4. The highest BCUT2D eigenvalue weighted by atomic mass is 32.7. The maximum Gasteiger partial charge on any atom is 0.440 e. The summed E-state index contributed by atoms with van der Waals surface area (Å²) < 4.78 is 125. The summed E-state index contributed by atoms with van der Waals surface area (Å²) in [4.78, 5) is 141. The first-order chi connectivity index (χ1) is 46.5. The van der Waals surface area contributed by atoms with Crippen molar-refractivity contribution in [1.82, 2.24) is 48.2 Å². The zero-order chi connectivity index (χ0) is 72.4. The molecular weight excluding hydrogens is 1520 g/mol. The molecule has 0 saturated carbocycles. The Morgan fingerprint density at radius 1 is 0.657 bits per heavy atom. The zero-order valence-electron chi connectivity index (χ0n) is 52.5. The Balaban J connectivity index is 1.02. The number of anilines is 1. The lowest BCUT2D eigenvalue weighted by Crippen LogP contribution is -2.33. The Morgan fingerprint density at radius 3 is 1.68 bits per heavy atom. The van der Waals surface area contributed by atoms with Crippen molar-refractivity contribution in [3.05, 3.63) is 149 Å². The van der Waals surface area contributed by atoms with Crippen LogP contribution >= 0.6 is 57.4 Å². The second-order valence-electron chi connectivity index (χ2n) is 20.8. The van der Waals surface area contributed by atoms with E-state index in [-0.39, 0.29) is 71.4 Å². The standard InChI is InChI=1S/C49H60N11O29P5S5/c1-22(2)85-90(69,95)77-17-29-27(13-33(82-29)60-21-51-34-39(60)52-46(50)53-43(34)65)87-91(70,96)78-18-28-26(12-32(81-28)57-14-23(3)40(62)54-47(57)66)86-92(71,97)79-19-30-35(37(74-6)44(83-30)58-15-24(4)41(63)55-48(58)67)88-93(72,98)80-20-31-36(89-94(73,99-8)76-11-9-10-61)38(75-7)45(84-31)59-16-25(5)42(64)56-49(59)68/h14-16,21-22,32-33,61H,9-13,17-20H2,1-8H3,(H,69,95)(H,70,96)(H,71,97)(H,72,98)(H,54,62,66)(H,55,63,67)(H,56,64,68)(H3,50,52,53,65)/t32-,33-,90?,91?,92?,93?,94?/m1/s1. The second-order valence-corrected chi connectivity index (χ2v) is 36.1. The van der Waals surface area contributed by atoms with Gasteiger partial charge in [0, 0.05) is 65.5 Å². The predicted molar refractivity (Wildman–Crippen MR) is 361 cm³/mol. The molecule has 2 aliphatic rings. The van der Waals surface area contributed by atoms with Crippen LogP contribution < -0.4 is 63.6 Å². The first kappa shape index (κ1) is 76.5. The number of ether oxygens (including phenoxy) is 4. The molecule has 0 radical (unpaired) electrons. The van der Waals surface area contributed by atoms with Gasteiger partial charge in [-0.2, -0.15) is 4.98 Å². The van der Waals surface area contributed by atoms with E-state index in [4.69, 9.17) is 114 Å². The van der Waals surface area contributed by atoms with Gasteiger partial charge in [-0.15, -0.1) is 0 Å². The number of aliphatic hydroxyl groups excluding tert-OH is 1. The molecule has 5 unspecified atom stereocenters. The maximum atomic E-state index is 14.6. The first-order valence-electron chi connectivity index (χ1n) is 28.1. The Bertz CT molecular complexity index is 5050. The van der Waals surface area contributed by atoms with E-state index in [0.29, 0.717) is 11.4 Å². The molecule has 540 valence electrons. The molecule has 9 heterocycles. The van der Waals surface area contributed by atoms with Gasteiger partial charge in [0.2, 0.25) is 28.9 Å². The summed E-state index contributed by atoms with van der Waals surface area (Å²) in [6.07, 6.45) is 1.84. The second kappa shape index (κ2) is 30.9. The van der Waals surface area contributed by atoms with Gasteiger partial charge in [-0.05, 0) is 82.7 Å². The number of aromatic amines is 4. The van der Waals surface area contributed by atoms with Crippen molar-refractivity contribution in [2.45, 2.75) is 85.7 Å². The fourth-order valence-corrected chi connectivity index (χ4v) is 16.0. The quantitative estimate of drug-likeness (QED) is 0.0153. The predicted octanol–water partition coefficient (Wildman–Crippen LogP) is 4.56. The summed E-state index contributed by atoms with van der Waals surface area (Å²) >= 11 is 20.9. The molecule has 10 N–H and O–H groups in total. The van der Waals surface area contributed by atoms with E-state index in [1.807, 2.05) is 0 Å². The molecule has 7 atom stereocenters. The van der Waals surface area contributed by atoms with Crippen LogP contribution in [0.3, 0.4) is 0 Å². The number of nitrogen functional groups attached to an aromatic ring is 1. The lowest BCUT2D eigenvalue weighted by atomic mass is 10.3. The summed E-state index contributed by atoms with van der Waals surface area (Å²) in [7, 11) is 2.16. The molecule has 0 amide bonds. The van der Waals surface area contributed by atoms with Crippen molar-refractivity contribution >= 4 is 110 Å². The van der Waals surface area contributed by atoms with Gasteiger partial charge < -0.3 is 80.4 Å². The summed E-state index contributed by atoms with van der Waals surface area (Å²) in [5, 5.41) is 9.39. The van der Waals surface area contributed by atoms with E-state index in [2.05, 4.69) is 42.2 Å². The molecule has 9 rings (SSSR count). The first-order valence-corrected chi connectivity index (χ1v) is 41.9. The van der Waals surface area contributed by atoms with Gasteiger partial charge in [-0.25, -0.2) is 37.6 Å². The van der Waals surface area contributed by atoms with Gasteiger partial charge >= 0.3 is 50.8 Å². The number of thiol groups is 1. The van der Waals surface area contributed by atoms with E-state index >= 15 is 0 Å². The van der Waals surface area contributed by atoms with Crippen LogP contribution in [0.1, 0.15) is 73.8 Å². The van der Waals surface area contributed by atoms with Crippen LogP contribution in [0.2, 0.25) is 0 Å². The molecular formula is C49H60N11O29P5S5. The number of fused-ring (bicyclic) bond motifs is 1. The summed E-state index contributed by atoms with van der Waals surface area (Å²) in [6.45, 7) is -19.7. The maximum absolute atomic E-state index is 14.6. The van der Waals surface area contributed by atoms with Crippen LogP contribution in [-0.2, 0) is 103 Å². The number of aliphatic hydroxyl groups is 1. The normalized spacial score (nSPS) is 17.9. The van der Waals surface area contributed by atoms with Crippen molar-refractivity contribution in [3.8, 4) is 34.8 Å². The topological polar surface area (TPSA) is 525 Å². The monoisotopic (exact) mass is 1580 g/mol. The number of nitrogens with two attached hydrogens (primary N) is 1. The molecule has 0 aliphatic carbocycles. The van der Waals surface area contributed by atoms with Crippen LogP contribution in [0, 0.1) is 20.8 Å². The SMILES string of the molecule is COc1c(-n2cc(C)c(=O)[nH]c2=O)oc(COP(O)(=S)Oc2c(COP(=O)(S)OC3=C(COP(O)(=S)OC4=C(COP(O)(=S)OC(C)C)O[C@@H](n5cnc6c(=O)[nH]c(N)nc65)C4)O[C@@H](n4cc(C)c(=O)[nH]c4=O)C3)oc(-n3cc(C)c(=O)[nH]c3=O)c2OC)c1OP(=O)(OCCCO)SC. The van der Waals surface area contributed by atoms with Gasteiger partial charge in [0.15, 0.2) is 58.2 Å². The number of furan rings is 2. The lowest BCUT2D eigenvalue weighted by molar-refractivity contribution is 0.0595. The van der Waals surface area contributed by atoms with Crippen LogP contribution in [0.5, 0.6) is 23.0 Å². The fraction of sp³-hybridized carbons (Fsp3) is 0.408. The molecule has 7 aromatic rings. The highest BCUT2D eigenvalue weighted by Crippen LogP contribution is 2.63. The van der Waals surface area contributed by atoms with Crippen molar-refractivity contribution in [1.29, 1.82) is 0 Å². The van der Waals surface area contributed by atoms with Gasteiger partial charge in [-0.1, -0.05) is 0 Å². The third-order valence-corrected chi connectivity index (χ3v) is 22.7. The number of methoxy groups -OCH3 is 2. The van der Waals surface area contributed by atoms with E-state index in [1.165, 1.54) is 37.9 Å². The largest absolute Gasteiger partial charge is 0.488 e. The van der Waals surface area contributed by atoms with Crippen LogP contribution in [0.25, 0.3) is 22.9 Å². The number of hydrogen-bond acceptors (Lipinski definition) is 33. The van der Waals surface area contributed by atoms with Crippen molar-refractivity contribution in [2.75, 3.05) is 52.6 Å².